The van der Waals surface area contributed by atoms with Gasteiger partial charge >= 0.3 is 0 Å². The van der Waals surface area contributed by atoms with Gasteiger partial charge in [-0.15, -0.1) is 0 Å². The van der Waals surface area contributed by atoms with Gasteiger partial charge in [-0.25, -0.2) is 0 Å². The predicted molar refractivity (Wildman–Crippen MR) is 94.5 cm³/mol. The highest BCUT2D eigenvalue weighted by Crippen LogP contribution is 2.19. The lowest BCUT2D eigenvalue weighted by Gasteiger charge is -2.09. The van der Waals surface area contributed by atoms with E-state index in [0.717, 1.165) is 16.5 Å². The Kier molecular flexibility index (Phi) is 4.57. The first-order valence-electron chi connectivity index (χ1n) is 7.64. The number of benzene rings is 3. The van der Waals surface area contributed by atoms with Gasteiger partial charge in [0.05, 0.1) is 0 Å². The largest absolute Gasteiger partial charge is 0.484 e. The maximum atomic E-state index is 12.0. The monoisotopic (exact) mass is 319 g/mol. The lowest BCUT2D eigenvalue weighted by atomic mass is 10.1. The molecule has 0 fully saturated rings. The summed E-state index contributed by atoms with van der Waals surface area (Å²) in [4.78, 5) is 23.4. The molecule has 0 atom stereocenters. The van der Waals surface area contributed by atoms with Crippen LogP contribution in [0.1, 0.15) is 17.3 Å². The maximum absolute atomic E-state index is 12.0. The third-order valence-electron chi connectivity index (χ3n) is 3.64. The van der Waals surface area contributed by atoms with Crippen LogP contribution in [-0.2, 0) is 4.79 Å². The minimum atomic E-state index is -0.251. The molecule has 0 saturated carbocycles. The molecule has 120 valence electrons. The highest BCUT2D eigenvalue weighted by molar-refractivity contribution is 5.95. The molecule has 0 saturated heterocycles. The Hall–Kier alpha value is -3.14. The van der Waals surface area contributed by atoms with Gasteiger partial charge in [-0.05, 0) is 42.0 Å². The van der Waals surface area contributed by atoms with Crippen LogP contribution in [-0.4, -0.2) is 18.3 Å². The van der Waals surface area contributed by atoms with Crippen molar-refractivity contribution in [3.05, 3.63) is 72.3 Å². The van der Waals surface area contributed by atoms with Crippen molar-refractivity contribution in [3.8, 4) is 5.75 Å². The highest BCUT2D eigenvalue weighted by atomic mass is 16.5. The van der Waals surface area contributed by atoms with Crippen molar-refractivity contribution < 1.29 is 14.3 Å². The van der Waals surface area contributed by atoms with E-state index in [0.29, 0.717) is 11.3 Å². The average molecular weight is 319 g/mol. The number of fused-ring (bicyclic) bond motifs is 1. The average Bonchev–Trinajstić information content (AvgIpc) is 2.60. The smallest absolute Gasteiger partial charge is 0.262 e. The Morgan fingerprint density at radius 1 is 0.917 bits per heavy atom. The molecule has 0 unspecified atom stereocenters. The zero-order valence-electron chi connectivity index (χ0n) is 13.3. The number of carbonyl (C=O) groups excluding carboxylic acids is 2. The number of hydrogen-bond acceptors (Lipinski definition) is 3. The van der Waals surface area contributed by atoms with Crippen LogP contribution in [0, 0.1) is 0 Å². The van der Waals surface area contributed by atoms with Crippen LogP contribution < -0.4 is 10.1 Å². The van der Waals surface area contributed by atoms with Crippen molar-refractivity contribution in [2.75, 3.05) is 11.9 Å². The van der Waals surface area contributed by atoms with Gasteiger partial charge in [0, 0.05) is 11.3 Å². The van der Waals surface area contributed by atoms with Crippen molar-refractivity contribution in [1.82, 2.24) is 0 Å². The van der Waals surface area contributed by atoms with E-state index in [1.54, 1.807) is 24.3 Å². The van der Waals surface area contributed by atoms with Crippen molar-refractivity contribution >= 4 is 28.2 Å². The molecule has 0 aliphatic rings. The molecule has 3 aromatic carbocycles. The van der Waals surface area contributed by atoms with Gasteiger partial charge in [-0.2, -0.15) is 0 Å². The summed E-state index contributed by atoms with van der Waals surface area (Å²) < 4.78 is 5.45. The van der Waals surface area contributed by atoms with Crippen LogP contribution >= 0.6 is 0 Å². The van der Waals surface area contributed by atoms with E-state index < -0.39 is 0 Å². The zero-order chi connectivity index (χ0) is 16.9. The molecule has 1 N–H and O–H groups in total. The third kappa shape index (κ3) is 3.79. The quantitative estimate of drug-likeness (QED) is 0.722. The fourth-order valence-electron chi connectivity index (χ4n) is 2.42. The molecule has 3 rings (SSSR count). The minimum Gasteiger partial charge on any atom is -0.484 e. The molecule has 0 aromatic heterocycles. The Morgan fingerprint density at radius 3 is 2.50 bits per heavy atom. The number of ether oxygens (including phenoxy) is 1. The molecule has 0 heterocycles. The summed E-state index contributed by atoms with van der Waals surface area (Å²) >= 11 is 0. The molecule has 0 bridgehead atoms. The van der Waals surface area contributed by atoms with Gasteiger partial charge in [-0.3, -0.25) is 9.59 Å². The Balaban J connectivity index is 1.62. The first-order chi connectivity index (χ1) is 11.6. The van der Waals surface area contributed by atoms with Gasteiger partial charge in [0.2, 0.25) is 0 Å². The first kappa shape index (κ1) is 15.7. The van der Waals surface area contributed by atoms with Gasteiger partial charge < -0.3 is 10.1 Å². The zero-order valence-corrected chi connectivity index (χ0v) is 13.3. The van der Waals surface area contributed by atoms with Crippen molar-refractivity contribution in [1.29, 1.82) is 0 Å². The van der Waals surface area contributed by atoms with Gasteiger partial charge in [0.1, 0.15) is 5.75 Å². The molecular weight excluding hydrogens is 302 g/mol. The summed E-state index contributed by atoms with van der Waals surface area (Å²) in [5.41, 5.74) is 1.28. The highest BCUT2D eigenvalue weighted by Gasteiger charge is 2.06. The molecule has 1 amide bonds. The molecule has 4 heteroatoms. The number of anilines is 1. The normalized spacial score (nSPS) is 10.4. The molecule has 0 radical (unpaired) electrons. The fourth-order valence-corrected chi connectivity index (χ4v) is 2.42. The number of hydrogen-bond donors (Lipinski definition) is 1. The number of ketones is 1. The van der Waals surface area contributed by atoms with Gasteiger partial charge in [-0.1, -0.05) is 42.5 Å². The number of rotatable bonds is 5. The second kappa shape index (κ2) is 6.96. The van der Waals surface area contributed by atoms with E-state index in [2.05, 4.69) is 5.32 Å². The summed E-state index contributed by atoms with van der Waals surface area (Å²) in [7, 11) is 0. The number of Topliss-reactive ketones (excluding diaryl/α,β-unsaturated/α-hetero) is 1. The van der Waals surface area contributed by atoms with Crippen molar-refractivity contribution in [2.45, 2.75) is 6.92 Å². The Labute approximate surface area is 140 Å². The number of nitrogens with one attached hydrogen (secondary N) is 1. The maximum Gasteiger partial charge on any atom is 0.262 e. The summed E-state index contributed by atoms with van der Waals surface area (Å²) in [6, 6.07) is 20.5. The van der Waals surface area contributed by atoms with Gasteiger partial charge in [0.15, 0.2) is 12.4 Å². The van der Waals surface area contributed by atoms with Gasteiger partial charge in [0.25, 0.3) is 5.91 Å². The second-order valence-corrected chi connectivity index (χ2v) is 5.48. The lowest BCUT2D eigenvalue weighted by Crippen LogP contribution is -2.20. The lowest BCUT2D eigenvalue weighted by molar-refractivity contribution is -0.118. The van der Waals surface area contributed by atoms with E-state index >= 15 is 0 Å². The third-order valence-corrected chi connectivity index (χ3v) is 3.64. The van der Waals surface area contributed by atoms with Crippen LogP contribution in [0.2, 0.25) is 0 Å². The molecular formula is C20H17NO3. The molecule has 4 nitrogen and oxygen atoms in total. The molecule has 0 aliphatic carbocycles. The minimum absolute atomic E-state index is 0.0407. The van der Waals surface area contributed by atoms with Crippen LogP contribution in [0.5, 0.6) is 5.75 Å². The summed E-state index contributed by atoms with van der Waals surface area (Å²) in [5, 5.41) is 4.99. The SMILES string of the molecule is CC(=O)c1cccc(OCC(=O)Nc2ccc3ccccc3c2)c1. The Morgan fingerprint density at radius 2 is 1.71 bits per heavy atom. The summed E-state index contributed by atoms with van der Waals surface area (Å²) in [6.45, 7) is 1.37. The van der Waals surface area contributed by atoms with E-state index in [-0.39, 0.29) is 18.3 Å². The van der Waals surface area contributed by atoms with Crippen LogP contribution in [0.4, 0.5) is 5.69 Å². The van der Waals surface area contributed by atoms with Crippen LogP contribution in [0.3, 0.4) is 0 Å². The fraction of sp³-hybridized carbons (Fsp3) is 0.100. The topological polar surface area (TPSA) is 55.4 Å². The van der Waals surface area contributed by atoms with E-state index in [1.807, 2.05) is 42.5 Å². The van der Waals surface area contributed by atoms with Crippen molar-refractivity contribution in [2.24, 2.45) is 0 Å². The standard InChI is InChI=1S/C20H17NO3/c1-14(22)16-7-4-8-19(12-16)24-13-20(23)21-18-10-9-15-5-2-3-6-17(15)11-18/h2-12H,13H2,1H3,(H,21,23). The summed E-state index contributed by atoms with van der Waals surface area (Å²) in [5.74, 6) is 0.205. The first-order valence-corrected chi connectivity index (χ1v) is 7.64. The second-order valence-electron chi connectivity index (χ2n) is 5.48. The van der Waals surface area contributed by atoms with E-state index in [4.69, 9.17) is 4.74 Å². The predicted octanol–water partition coefficient (Wildman–Crippen LogP) is 4.06. The van der Waals surface area contributed by atoms with E-state index in [1.165, 1.54) is 6.92 Å². The number of amides is 1. The molecule has 0 aliphatic heterocycles. The van der Waals surface area contributed by atoms with Crippen LogP contribution in [0.25, 0.3) is 10.8 Å². The van der Waals surface area contributed by atoms with Crippen LogP contribution in [0.15, 0.2) is 66.7 Å². The Bertz CT molecular complexity index is 902. The van der Waals surface area contributed by atoms with Crippen molar-refractivity contribution in [3.63, 3.8) is 0 Å². The van der Waals surface area contributed by atoms with E-state index in [9.17, 15) is 9.59 Å². The summed E-state index contributed by atoms with van der Waals surface area (Å²) in [6.07, 6.45) is 0. The molecule has 0 spiro atoms. The molecule has 24 heavy (non-hydrogen) atoms. The molecule has 3 aromatic rings. The number of carbonyl (C=O) groups is 2.